The van der Waals surface area contributed by atoms with Gasteiger partial charge in [-0.25, -0.2) is 9.79 Å². The SMILES string of the molecule is CCOC(=O)C1=C(C)N=c2s/c(=C/c3ccc(OC(C)=O)c(OC)c3)c(=O)n2C1c1ccc(OC)cc1. The number of nitrogens with zero attached hydrogens (tertiary/aromatic N) is 2. The second-order valence-corrected chi connectivity index (χ2v) is 9.09. The second-order valence-electron chi connectivity index (χ2n) is 8.08. The molecule has 0 radical (unpaired) electrons. The lowest BCUT2D eigenvalue weighted by Crippen LogP contribution is -2.39. The molecule has 192 valence electrons. The van der Waals surface area contributed by atoms with Crippen LogP contribution >= 0.6 is 11.3 Å². The average Bonchev–Trinajstić information content (AvgIpc) is 3.18. The number of benzene rings is 2. The van der Waals surface area contributed by atoms with E-state index in [0.717, 1.165) is 5.56 Å². The van der Waals surface area contributed by atoms with Crippen LogP contribution in [0.4, 0.5) is 0 Å². The fraction of sp³-hybridized carbons (Fsp3) is 0.259. The maximum atomic E-state index is 13.7. The smallest absolute Gasteiger partial charge is 0.338 e. The van der Waals surface area contributed by atoms with Gasteiger partial charge in [0.1, 0.15) is 5.75 Å². The highest BCUT2D eigenvalue weighted by Crippen LogP contribution is 2.32. The number of esters is 2. The van der Waals surface area contributed by atoms with Crippen LogP contribution in [0.2, 0.25) is 0 Å². The second kappa shape index (κ2) is 10.8. The highest BCUT2D eigenvalue weighted by Gasteiger charge is 2.33. The van der Waals surface area contributed by atoms with E-state index >= 15 is 0 Å². The van der Waals surface area contributed by atoms with Crippen LogP contribution in [0.1, 0.15) is 37.9 Å². The molecular formula is C27H26N2O7S. The van der Waals surface area contributed by atoms with Crippen molar-refractivity contribution in [3.8, 4) is 17.2 Å². The van der Waals surface area contributed by atoms with Gasteiger partial charge in [0.25, 0.3) is 5.56 Å². The van der Waals surface area contributed by atoms with Crippen LogP contribution in [0.15, 0.2) is 63.5 Å². The van der Waals surface area contributed by atoms with Gasteiger partial charge in [0.15, 0.2) is 16.3 Å². The number of ether oxygens (including phenoxy) is 4. The quantitative estimate of drug-likeness (QED) is 0.347. The van der Waals surface area contributed by atoms with E-state index in [1.54, 1.807) is 57.4 Å². The highest BCUT2D eigenvalue weighted by atomic mass is 32.1. The summed E-state index contributed by atoms with van der Waals surface area (Å²) in [4.78, 5) is 43.1. The number of fused-ring (bicyclic) bond motifs is 1. The monoisotopic (exact) mass is 522 g/mol. The zero-order valence-corrected chi connectivity index (χ0v) is 21.9. The van der Waals surface area contributed by atoms with Crippen LogP contribution in [-0.2, 0) is 14.3 Å². The number of carbonyl (C=O) groups is 2. The van der Waals surface area contributed by atoms with Gasteiger partial charge in [0, 0.05) is 6.92 Å². The lowest BCUT2D eigenvalue weighted by atomic mass is 9.96. The van der Waals surface area contributed by atoms with Crippen molar-refractivity contribution >= 4 is 29.4 Å². The number of methoxy groups -OCH3 is 2. The van der Waals surface area contributed by atoms with Crippen molar-refractivity contribution in [2.24, 2.45) is 4.99 Å². The Labute approximate surface area is 216 Å². The Hall–Kier alpha value is -4.18. The first-order chi connectivity index (χ1) is 17.8. The third-order valence-corrected chi connectivity index (χ3v) is 6.67. The summed E-state index contributed by atoms with van der Waals surface area (Å²) in [7, 11) is 3.04. The number of rotatable bonds is 7. The number of allylic oxidation sites excluding steroid dienone is 1. The summed E-state index contributed by atoms with van der Waals surface area (Å²) in [5, 5.41) is 0. The van der Waals surface area contributed by atoms with Crippen molar-refractivity contribution in [2.75, 3.05) is 20.8 Å². The van der Waals surface area contributed by atoms with Gasteiger partial charge in [-0.3, -0.25) is 14.2 Å². The number of hydrogen-bond acceptors (Lipinski definition) is 9. The number of hydrogen-bond donors (Lipinski definition) is 0. The van der Waals surface area contributed by atoms with Gasteiger partial charge in [0.2, 0.25) is 0 Å². The molecule has 1 unspecified atom stereocenters. The first-order valence-corrected chi connectivity index (χ1v) is 12.3. The molecule has 0 amide bonds. The van der Waals surface area contributed by atoms with Crippen LogP contribution in [0, 0.1) is 0 Å². The highest BCUT2D eigenvalue weighted by molar-refractivity contribution is 7.07. The van der Waals surface area contributed by atoms with E-state index in [9.17, 15) is 14.4 Å². The topological polar surface area (TPSA) is 105 Å². The number of thiazole rings is 1. The van der Waals surface area contributed by atoms with E-state index in [-0.39, 0.29) is 17.9 Å². The molecule has 0 spiro atoms. The number of carbonyl (C=O) groups excluding carboxylic acids is 2. The Kier molecular flexibility index (Phi) is 7.58. The molecule has 3 aromatic rings. The molecule has 10 heteroatoms. The van der Waals surface area contributed by atoms with Gasteiger partial charge in [0.05, 0.1) is 42.7 Å². The van der Waals surface area contributed by atoms with E-state index in [1.165, 1.54) is 29.9 Å². The molecule has 2 aromatic carbocycles. The number of aromatic nitrogens is 1. The third kappa shape index (κ3) is 5.19. The predicted octanol–water partition coefficient (Wildman–Crippen LogP) is 2.74. The molecule has 0 saturated carbocycles. The molecule has 0 N–H and O–H groups in total. The molecule has 1 aliphatic rings. The molecule has 0 fully saturated rings. The summed E-state index contributed by atoms with van der Waals surface area (Å²) in [5.74, 6) is 0.298. The minimum absolute atomic E-state index is 0.195. The molecule has 1 atom stereocenters. The molecule has 0 aliphatic carbocycles. The third-order valence-electron chi connectivity index (χ3n) is 5.69. The van der Waals surface area contributed by atoms with Crippen molar-refractivity contribution in [1.29, 1.82) is 0 Å². The van der Waals surface area contributed by atoms with Crippen molar-refractivity contribution in [3.63, 3.8) is 0 Å². The minimum atomic E-state index is -0.718. The molecule has 2 heterocycles. The molecular weight excluding hydrogens is 496 g/mol. The van der Waals surface area contributed by atoms with Crippen molar-refractivity contribution in [1.82, 2.24) is 4.57 Å². The van der Waals surface area contributed by atoms with Gasteiger partial charge >= 0.3 is 11.9 Å². The largest absolute Gasteiger partial charge is 0.497 e. The summed E-state index contributed by atoms with van der Waals surface area (Å²) in [6, 6.07) is 11.5. The zero-order valence-electron chi connectivity index (χ0n) is 21.1. The van der Waals surface area contributed by atoms with Gasteiger partial charge in [-0.05, 0) is 55.3 Å². The Morgan fingerprint density at radius 1 is 1.08 bits per heavy atom. The molecule has 9 nitrogen and oxygen atoms in total. The van der Waals surface area contributed by atoms with E-state index in [1.807, 2.05) is 12.1 Å². The van der Waals surface area contributed by atoms with Crippen LogP contribution in [0.25, 0.3) is 6.08 Å². The van der Waals surface area contributed by atoms with E-state index in [0.29, 0.717) is 37.7 Å². The van der Waals surface area contributed by atoms with Gasteiger partial charge in [-0.15, -0.1) is 0 Å². The molecule has 0 saturated heterocycles. The van der Waals surface area contributed by atoms with Crippen LogP contribution in [-0.4, -0.2) is 37.3 Å². The fourth-order valence-corrected chi connectivity index (χ4v) is 5.10. The van der Waals surface area contributed by atoms with E-state index < -0.39 is 18.0 Å². The van der Waals surface area contributed by atoms with Crippen LogP contribution in [0.3, 0.4) is 0 Å². The summed E-state index contributed by atoms with van der Waals surface area (Å²) in [6.07, 6.45) is 1.71. The summed E-state index contributed by atoms with van der Waals surface area (Å²) in [5.41, 5.74) is 1.87. The van der Waals surface area contributed by atoms with Crippen molar-refractivity contribution in [2.45, 2.75) is 26.8 Å². The summed E-state index contributed by atoms with van der Waals surface area (Å²) >= 11 is 1.21. The molecule has 0 bridgehead atoms. The Morgan fingerprint density at radius 2 is 1.81 bits per heavy atom. The average molecular weight is 523 g/mol. The normalized spacial score (nSPS) is 15.1. The molecule has 37 heavy (non-hydrogen) atoms. The van der Waals surface area contributed by atoms with Crippen LogP contribution in [0.5, 0.6) is 17.2 Å². The first kappa shape index (κ1) is 25.9. The minimum Gasteiger partial charge on any atom is -0.497 e. The molecule has 1 aromatic heterocycles. The zero-order chi connectivity index (χ0) is 26.7. The standard InChI is InChI=1S/C27H26N2O7S/c1-6-35-26(32)23-15(2)28-27-29(24(23)18-8-10-19(33-4)11-9-18)25(31)22(37-27)14-17-7-12-20(36-16(3)30)21(13-17)34-5/h7-14,24H,6H2,1-5H3/b22-14+. The summed E-state index contributed by atoms with van der Waals surface area (Å²) < 4.78 is 23.0. The lowest BCUT2D eigenvalue weighted by molar-refractivity contribution is -0.139. The Morgan fingerprint density at radius 3 is 2.43 bits per heavy atom. The molecule has 4 rings (SSSR count). The summed E-state index contributed by atoms with van der Waals surface area (Å²) in [6.45, 7) is 4.96. The maximum Gasteiger partial charge on any atom is 0.338 e. The van der Waals surface area contributed by atoms with Gasteiger partial charge in [-0.2, -0.15) is 0 Å². The Bertz CT molecular complexity index is 1570. The van der Waals surface area contributed by atoms with Crippen molar-refractivity contribution < 1.29 is 28.5 Å². The lowest BCUT2D eigenvalue weighted by Gasteiger charge is -2.24. The Balaban J connectivity index is 1.88. The van der Waals surface area contributed by atoms with Crippen LogP contribution < -0.4 is 29.1 Å². The van der Waals surface area contributed by atoms with Crippen molar-refractivity contribution in [3.05, 3.63) is 84.5 Å². The predicted molar refractivity (Wildman–Crippen MR) is 138 cm³/mol. The van der Waals surface area contributed by atoms with Gasteiger partial charge < -0.3 is 18.9 Å². The van der Waals surface area contributed by atoms with E-state index in [4.69, 9.17) is 18.9 Å². The molecule has 1 aliphatic heterocycles. The fourth-order valence-electron chi connectivity index (χ4n) is 4.06. The van der Waals surface area contributed by atoms with Gasteiger partial charge in [-0.1, -0.05) is 29.5 Å². The maximum absolute atomic E-state index is 13.7. The van der Waals surface area contributed by atoms with E-state index in [2.05, 4.69) is 4.99 Å². The first-order valence-electron chi connectivity index (χ1n) is 11.5.